The summed E-state index contributed by atoms with van der Waals surface area (Å²) in [5.41, 5.74) is 5.11. The molecule has 0 aliphatic carbocycles. The summed E-state index contributed by atoms with van der Waals surface area (Å²) >= 11 is 0. The van der Waals surface area contributed by atoms with Crippen LogP contribution in [0.25, 0.3) is 0 Å². The van der Waals surface area contributed by atoms with Crippen molar-refractivity contribution >= 4 is 5.84 Å². The first-order valence-electron chi connectivity index (χ1n) is 5.76. The van der Waals surface area contributed by atoms with Crippen molar-refractivity contribution in [2.24, 2.45) is 16.8 Å². The second-order valence-electron chi connectivity index (χ2n) is 4.28. The maximum Gasteiger partial charge on any atom is 0.400 e. The Balaban J connectivity index is 2.66. The number of amidine groups is 1. The Labute approximate surface area is 103 Å². The van der Waals surface area contributed by atoms with Crippen molar-refractivity contribution in [3.8, 4) is 0 Å². The van der Waals surface area contributed by atoms with E-state index in [0.29, 0.717) is 19.7 Å². The minimum absolute atomic E-state index is 0.0556. The first-order chi connectivity index (χ1) is 8.38. The zero-order valence-corrected chi connectivity index (χ0v) is 10.2. The smallest absolute Gasteiger partial charge is 0.400 e. The van der Waals surface area contributed by atoms with Crippen LogP contribution >= 0.6 is 0 Å². The van der Waals surface area contributed by atoms with Crippen LogP contribution in [0.3, 0.4) is 0 Å². The van der Waals surface area contributed by atoms with E-state index in [0.717, 1.165) is 6.42 Å². The van der Waals surface area contributed by atoms with Gasteiger partial charge >= 0.3 is 6.18 Å². The summed E-state index contributed by atoms with van der Waals surface area (Å²) in [7, 11) is 0. The highest BCUT2D eigenvalue weighted by atomic mass is 19.4. The molecule has 1 rings (SSSR count). The number of rotatable bonds is 4. The molecule has 8 heteroatoms. The van der Waals surface area contributed by atoms with E-state index in [1.54, 1.807) is 4.90 Å². The van der Waals surface area contributed by atoms with Gasteiger partial charge in [0.15, 0.2) is 5.84 Å². The van der Waals surface area contributed by atoms with E-state index in [-0.39, 0.29) is 12.6 Å². The molecule has 0 spiro atoms. The molecule has 1 aliphatic heterocycles. The van der Waals surface area contributed by atoms with Gasteiger partial charge in [0.05, 0.1) is 12.7 Å². The Bertz CT molecular complexity index is 297. The number of ether oxygens (including phenoxy) is 1. The Morgan fingerprint density at radius 1 is 1.61 bits per heavy atom. The summed E-state index contributed by atoms with van der Waals surface area (Å²) in [5.74, 6) is -2.75. The van der Waals surface area contributed by atoms with Gasteiger partial charge in [-0.25, -0.2) is 0 Å². The van der Waals surface area contributed by atoms with Gasteiger partial charge in [-0.15, -0.1) is 0 Å². The van der Waals surface area contributed by atoms with E-state index < -0.39 is 17.9 Å². The molecule has 0 aromatic heterocycles. The normalized spacial score (nSPS) is 25.1. The van der Waals surface area contributed by atoms with Crippen LogP contribution in [0.5, 0.6) is 0 Å². The number of nitrogens with two attached hydrogens (primary N) is 1. The molecule has 18 heavy (non-hydrogen) atoms. The third-order valence-corrected chi connectivity index (χ3v) is 2.99. The SMILES string of the molecule is CCC1CN(CC(C(N)=NO)C(F)(F)F)CCO1. The van der Waals surface area contributed by atoms with Crippen LogP contribution in [0.15, 0.2) is 5.16 Å². The number of alkyl halides is 3. The molecule has 0 radical (unpaired) electrons. The minimum Gasteiger partial charge on any atom is -0.409 e. The van der Waals surface area contributed by atoms with E-state index in [1.165, 1.54) is 0 Å². The lowest BCUT2D eigenvalue weighted by Crippen LogP contribution is -2.49. The molecule has 2 unspecified atom stereocenters. The molecule has 106 valence electrons. The topological polar surface area (TPSA) is 71.1 Å². The fourth-order valence-corrected chi connectivity index (χ4v) is 1.89. The summed E-state index contributed by atoms with van der Waals surface area (Å²) in [6, 6.07) is 0. The standard InChI is InChI=1S/C10H18F3N3O2/c1-2-7-5-16(3-4-18-7)6-8(9(14)15-17)10(11,12)13/h7-8,17H,2-6H2,1H3,(H2,14,15). The van der Waals surface area contributed by atoms with Crippen molar-refractivity contribution in [1.29, 1.82) is 0 Å². The first kappa shape index (κ1) is 15.0. The molecule has 1 heterocycles. The Morgan fingerprint density at radius 2 is 2.28 bits per heavy atom. The Hall–Kier alpha value is -1.02. The number of morpholine rings is 1. The highest BCUT2D eigenvalue weighted by Gasteiger charge is 2.44. The monoisotopic (exact) mass is 269 g/mol. The number of nitrogens with zero attached hydrogens (tertiary/aromatic N) is 2. The third kappa shape index (κ3) is 4.02. The summed E-state index contributed by atoms with van der Waals surface area (Å²) in [4.78, 5) is 1.63. The summed E-state index contributed by atoms with van der Waals surface area (Å²) in [5, 5.41) is 10.9. The average Bonchev–Trinajstić information content (AvgIpc) is 2.34. The molecule has 1 fully saturated rings. The number of halogens is 3. The van der Waals surface area contributed by atoms with Gasteiger partial charge in [0.2, 0.25) is 0 Å². The molecule has 0 saturated carbocycles. The van der Waals surface area contributed by atoms with Crippen molar-refractivity contribution in [2.75, 3.05) is 26.2 Å². The van der Waals surface area contributed by atoms with Crippen molar-refractivity contribution in [2.45, 2.75) is 25.6 Å². The average molecular weight is 269 g/mol. The summed E-state index contributed by atoms with van der Waals surface area (Å²) in [6.45, 7) is 2.86. The molecule has 0 aromatic rings. The molecule has 1 aliphatic rings. The predicted molar refractivity (Wildman–Crippen MR) is 59.4 cm³/mol. The second kappa shape index (κ2) is 6.24. The van der Waals surface area contributed by atoms with Gasteiger partial charge in [-0.2, -0.15) is 13.2 Å². The number of hydrogen-bond acceptors (Lipinski definition) is 4. The molecular formula is C10H18F3N3O2. The lowest BCUT2D eigenvalue weighted by Gasteiger charge is -2.34. The van der Waals surface area contributed by atoms with Gasteiger partial charge in [0.1, 0.15) is 5.92 Å². The van der Waals surface area contributed by atoms with E-state index in [4.69, 9.17) is 15.7 Å². The fourth-order valence-electron chi connectivity index (χ4n) is 1.89. The van der Waals surface area contributed by atoms with Crippen molar-refractivity contribution in [3.05, 3.63) is 0 Å². The molecule has 0 bridgehead atoms. The van der Waals surface area contributed by atoms with Gasteiger partial charge in [0, 0.05) is 19.6 Å². The highest BCUT2D eigenvalue weighted by molar-refractivity contribution is 5.83. The van der Waals surface area contributed by atoms with E-state index in [1.807, 2.05) is 6.92 Å². The zero-order valence-electron chi connectivity index (χ0n) is 10.2. The fraction of sp³-hybridized carbons (Fsp3) is 0.900. The maximum absolute atomic E-state index is 12.8. The van der Waals surface area contributed by atoms with Crippen molar-refractivity contribution < 1.29 is 23.1 Å². The van der Waals surface area contributed by atoms with Gasteiger partial charge in [0.25, 0.3) is 0 Å². The van der Waals surface area contributed by atoms with Gasteiger partial charge in [-0.3, -0.25) is 4.90 Å². The second-order valence-corrected chi connectivity index (χ2v) is 4.28. The van der Waals surface area contributed by atoms with Crippen LogP contribution in [0.1, 0.15) is 13.3 Å². The van der Waals surface area contributed by atoms with Crippen LogP contribution in [0, 0.1) is 5.92 Å². The first-order valence-corrected chi connectivity index (χ1v) is 5.76. The molecule has 3 N–H and O–H groups in total. The van der Waals surface area contributed by atoms with Crippen LogP contribution < -0.4 is 5.73 Å². The van der Waals surface area contributed by atoms with Gasteiger partial charge in [-0.05, 0) is 6.42 Å². The summed E-state index contributed by atoms with van der Waals surface area (Å²) < 4.78 is 43.7. The number of hydrogen-bond donors (Lipinski definition) is 2. The van der Waals surface area contributed by atoms with Crippen molar-refractivity contribution in [1.82, 2.24) is 4.90 Å². The lowest BCUT2D eigenvalue weighted by atomic mass is 10.1. The largest absolute Gasteiger partial charge is 0.409 e. The Kier molecular flexibility index (Phi) is 5.21. The number of oxime groups is 1. The van der Waals surface area contributed by atoms with Gasteiger partial charge in [-0.1, -0.05) is 12.1 Å². The van der Waals surface area contributed by atoms with Gasteiger partial charge < -0.3 is 15.7 Å². The quantitative estimate of drug-likeness (QED) is 0.346. The molecular weight excluding hydrogens is 251 g/mol. The van der Waals surface area contributed by atoms with E-state index in [2.05, 4.69) is 5.16 Å². The van der Waals surface area contributed by atoms with Crippen LogP contribution in [0.4, 0.5) is 13.2 Å². The maximum atomic E-state index is 12.8. The summed E-state index contributed by atoms with van der Waals surface area (Å²) in [6.07, 6.45) is -3.83. The molecule has 0 aromatic carbocycles. The van der Waals surface area contributed by atoms with Crippen LogP contribution in [-0.2, 0) is 4.74 Å². The van der Waals surface area contributed by atoms with E-state index >= 15 is 0 Å². The van der Waals surface area contributed by atoms with Crippen LogP contribution in [-0.4, -0.2) is 54.5 Å². The Morgan fingerprint density at radius 3 is 2.78 bits per heavy atom. The molecule has 5 nitrogen and oxygen atoms in total. The molecule has 1 saturated heterocycles. The lowest BCUT2D eigenvalue weighted by molar-refractivity contribution is -0.164. The molecule has 2 atom stereocenters. The zero-order chi connectivity index (χ0) is 13.8. The minimum atomic E-state index is -4.52. The highest BCUT2D eigenvalue weighted by Crippen LogP contribution is 2.27. The van der Waals surface area contributed by atoms with Crippen molar-refractivity contribution in [3.63, 3.8) is 0 Å². The molecule has 0 amide bonds. The predicted octanol–water partition coefficient (Wildman–Crippen LogP) is 1.02. The third-order valence-electron chi connectivity index (χ3n) is 2.99. The van der Waals surface area contributed by atoms with Crippen LogP contribution in [0.2, 0.25) is 0 Å². The van der Waals surface area contributed by atoms with E-state index in [9.17, 15) is 13.2 Å².